The third-order valence-electron chi connectivity index (χ3n) is 2.81. The lowest BCUT2D eigenvalue weighted by molar-refractivity contribution is -0.112. The largest absolute Gasteiger partial charge is 0.506 e. The first kappa shape index (κ1) is 18.0. The number of anilines is 1. The highest BCUT2D eigenvalue weighted by molar-refractivity contribution is 14.1. The molecular formula is C16H9ClI2N2O2. The van der Waals surface area contributed by atoms with E-state index in [9.17, 15) is 15.2 Å². The molecule has 0 aliphatic carbocycles. The number of phenols is 1. The Morgan fingerprint density at radius 3 is 2.70 bits per heavy atom. The van der Waals surface area contributed by atoms with Crippen molar-refractivity contribution in [2.24, 2.45) is 0 Å². The summed E-state index contributed by atoms with van der Waals surface area (Å²) in [6.07, 6.45) is 1.36. The topological polar surface area (TPSA) is 73.1 Å². The van der Waals surface area contributed by atoms with Gasteiger partial charge in [0.1, 0.15) is 17.4 Å². The van der Waals surface area contributed by atoms with Gasteiger partial charge in [0.15, 0.2) is 0 Å². The average Bonchev–Trinajstić information content (AvgIpc) is 2.49. The average molecular weight is 551 g/mol. The fraction of sp³-hybridized carbons (Fsp3) is 0. The molecule has 0 aromatic heterocycles. The Morgan fingerprint density at radius 1 is 1.30 bits per heavy atom. The number of nitrogens with zero attached hydrogens (tertiary/aromatic N) is 1. The smallest absolute Gasteiger partial charge is 0.266 e. The van der Waals surface area contributed by atoms with Crippen LogP contribution in [0.25, 0.3) is 6.08 Å². The van der Waals surface area contributed by atoms with Crippen LogP contribution in [0.3, 0.4) is 0 Å². The fourth-order valence-corrected chi connectivity index (χ4v) is 3.84. The van der Waals surface area contributed by atoms with Crippen LogP contribution in [0, 0.1) is 18.5 Å². The lowest BCUT2D eigenvalue weighted by Gasteiger charge is -2.06. The number of halogens is 3. The van der Waals surface area contributed by atoms with Gasteiger partial charge in [0.25, 0.3) is 5.91 Å². The van der Waals surface area contributed by atoms with Gasteiger partial charge in [-0.1, -0.05) is 17.7 Å². The maximum absolute atomic E-state index is 12.2. The number of hydrogen-bond donors (Lipinski definition) is 2. The Bertz CT molecular complexity index is 844. The van der Waals surface area contributed by atoms with Crippen molar-refractivity contribution in [2.75, 3.05) is 5.32 Å². The van der Waals surface area contributed by atoms with Crippen LogP contribution in [-0.2, 0) is 4.79 Å². The van der Waals surface area contributed by atoms with E-state index in [1.807, 2.05) is 28.7 Å². The second kappa shape index (κ2) is 7.99. The van der Waals surface area contributed by atoms with Crippen molar-refractivity contribution in [3.8, 4) is 11.8 Å². The van der Waals surface area contributed by atoms with Crippen molar-refractivity contribution in [1.29, 1.82) is 5.26 Å². The molecule has 7 heteroatoms. The third-order valence-corrected chi connectivity index (χ3v) is 4.49. The van der Waals surface area contributed by atoms with E-state index in [1.165, 1.54) is 6.08 Å². The van der Waals surface area contributed by atoms with E-state index in [4.69, 9.17) is 11.6 Å². The summed E-state index contributed by atoms with van der Waals surface area (Å²) >= 11 is 9.96. The number of nitriles is 1. The summed E-state index contributed by atoms with van der Waals surface area (Å²) in [5, 5.41) is 22.4. The number of carbonyl (C=O) groups is 1. The summed E-state index contributed by atoms with van der Waals surface area (Å²) in [7, 11) is 0. The number of rotatable bonds is 3. The number of carbonyl (C=O) groups excluding carboxylic acids is 1. The zero-order valence-corrected chi connectivity index (χ0v) is 16.5. The summed E-state index contributed by atoms with van der Waals surface area (Å²) in [6.45, 7) is 0. The van der Waals surface area contributed by atoms with Gasteiger partial charge < -0.3 is 10.4 Å². The van der Waals surface area contributed by atoms with Crippen molar-refractivity contribution in [3.05, 3.63) is 59.7 Å². The highest BCUT2D eigenvalue weighted by Gasteiger charge is 2.12. The molecule has 2 aromatic carbocycles. The number of benzene rings is 2. The minimum absolute atomic E-state index is 0.0364. The molecule has 0 saturated heterocycles. The van der Waals surface area contributed by atoms with Crippen LogP contribution >= 0.6 is 56.8 Å². The van der Waals surface area contributed by atoms with Gasteiger partial charge in [-0.3, -0.25) is 4.79 Å². The number of amides is 1. The van der Waals surface area contributed by atoms with Gasteiger partial charge in [-0.2, -0.15) is 5.26 Å². The first-order chi connectivity index (χ1) is 10.9. The molecule has 23 heavy (non-hydrogen) atoms. The van der Waals surface area contributed by atoms with Crippen molar-refractivity contribution in [2.45, 2.75) is 0 Å². The molecule has 0 atom stereocenters. The van der Waals surface area contributed by atoms with E-state index in [1.54, 1.807) is 36.4 Å². The van der Waals surface area contributed by atoms with Crippen LogP contribution in [-0.4, -0.2) is 11.0 Å². The molecule has 2 N–H and O–H groups in total. The van der Waals surface area contributed by atoms with Gasteiger partial charge >= 0.3 is 0 Å². The molecule has 4 nitrogen and oxygen atoms in total. The van der Waals surface area contributed by atoms with Crippen molar-refractivity contribution < 1.29 is 9.90 Å². The van der Waals surface area contributed by atoms with Gasteiger partial charge in [0.05, 0.1) is 3.57 Å². The Morgan fingerprint density at radius 2 is 2.04 bits per heavy atom. The summed E-state index contributed by atoms with van der Waals surface area (Å²) in [5.74, 6) is -0.530. The SMILES string of the molecule is N#C/C(=C\c1cc(I)cc(I)c1O)C(=O)Nc1cccc(Cl)c1. The monoisotopic (exact) mass is 550 g/mol. The van der Waals surface area contributed by atoms with Gasteiger partial charge in [-0.05, 0) is 81.6 Å². The molecule has 2 rings (SSSR count). The minimum atomic E-state index is -0.567. The van der Waals surface area contributed by atoms with Crippen LogP contribution in [0.4, 0.5) is 5.69 Å². The van der Waals surface area contributed by atoms with Crippen LogP contribution < -0.4 is 5.32 Å². The van der Waals surface area contributed by atoms with Crippen LogP contribution in [0.15, 0.2) is 42.0 Å². The second-order valence-corrected chi connectivity index (χ2v) is 7.30. The van der Waals surface area contributed by atoms with Gasteiger partial charge in [-0.15, -0.1) is 0 Å². The Hall–Kier alpha value is -1.31. The molecule has 0 unspecified atom stereocenters. The van der Waals surface area contributed by atoms with E-state index in [2.05, 4.69) is 27.9 Å². The predicted octanol–water partition coefficient (Wildman–Crippen LogP) is 4.80. The summed E-state index contributed by atoms with van der Waals surface area (Å²) < 4.78 is 1.54. The highest BCUT2D eigenvalue weighted by atomic mass is 127. The van der Waals surface area contributed by atoms with Gasteiger partial charge in [0.2, 0.25) is 0 Å². The van der Waals surface area contributed by atoms with E-state index < -0.39 is 5.91 Å². The molecule has 1 amide bonds. The summed E-state index contributed by atoms with van der Waals surface area (Å²) in [5.41, 5.74) is 0.794. The second-order valence-electron chi connectivity index (χ2n) is 4.46. The lowest BCUT2D eigenvalue weighted by atomic mass is 10.1. The molecule has 0 saturated carbocycles. The zero-order chi connectivity index (χ0) is 17.0. The molecule has 0 fully saturated rings. The molecular weight excluding hydrogens is 541 g/mol. The first-order valence-electron chi connectivity index (χ1n) is 6.27. The van der Waals surface area contributed by atoms with Crippen molar-refractivity contribution >= 4 is 74.5 Å². The predicted molar refractivity (Wildman–Crippen MR) is 107 cm³/mol. The van der Waals surface area contributed by atoms with Crippen LogP contribution in [0.2, 0.25) is 5.02 Å². The first-order valence-corrected chi connectivity index (χ1v) is 8.81. The van der Waals surface area contributed by atoms with Gasteiger partial charge in [-0.25, -0.2) is 0 Å². The number of hydrogen-bond acceptors (Lipinski definition) is 3. The minimum Gasteiger partial charge on any atom is -0.506 e. The number of aromatic hydroxyl groups is 1. The number of phenolic OH excluding ortho intramolecular Hbond substituents is 1. The Balaban J connectivity index is 2.32. The maximum Gasteiger partial charge on any atom is 0.266 e. The van der Waals surface area contributed by atoms with Crippen molar-refractivity contribution in [3.63, 3.8) is 0 Å². The molecule has 0 aliphatic heterocycles. The van der Waals surface area contributed by atoms with E-state index >= 15 is 0 Å². The highest BCUT2D eigenvalue weighted by Crippen LogP contribution is 2.29. The molecule has 116 valence electrons. The quantitative estimate of drug-likeness (QED) is 0.328. The standard InChI is InChI=1S/C16H9ClI2N2O2/c17-11-2-1-3-13(6-11)21-16(23)10(8-20)4-9-5-12(18)7-14(19)15(9)22/h1-7,22H,(H,21,23)/b10-4+. The maximum atomic E-state index is 12.2. The van der Waals surface area contributed by atoms with Crippen LogP contribution in [0.5, 0.6) is 5.75 Å². The van der Waals surface area contributed by atoms with Gasteiger partial charge in [0, 0.05) is 19.8 Å². The third kappa shape index (κ3) is 4.83. The molecule has 2 aromatic rings. The van der Waals surface area contributed by atoms with E-state index in [-0.39, 0.29) is 11.3 Å². The zero-order valence-electron chi connectivity index (χ0n) is 11.5. The summed E-state index contributed by atoms with van der Waals surface area (Å²) in [4.78, 5) is 12.2. The molecule has 0 aliphatic rings. The molecule has 0 heterocycles. The van der Waals surface area contributed by atoms with E-state index in [0.717, 1.165) is 3.57 Å². The number of nitrogens with one attached hydrogen (secondary N) is 1. The fourth-order valence-electron chi connectivity index (χ4n) is 1.76. The normalized spacial score (nSPS) is 11.0. The van der Waals surface area contributed by atoms with Crippen molar-refractivity contribution in [1.82, 2.24) is 0 Å². The summed E-state index contributed by atoms with van der Waals surface area (Å²) in [6, 6.07) is 12.0. The lowest BCUT2D eigenvalue weighted by Crippen LogP contribution is -2.13. The Kier molecular flexibility index (Phi) is 6.26. The molecule has 0 bridgehead atoms. The Labute approximate surface area is 165 Å². The van der Waals surface area contributed by atoms with Crippen LogP contribution in [0.1, 0.15) is 5.56 Å². The molecule has 0 radical (unpaired) electrons. The molecule has 0 spiro atoms. The van der Waals surface area contributed by atoms with E-state index in [0.29, 0.717) is 19.8 Å².